The number of hydrogen-bond donors (Lipinski definition) is 2. The van der Waals surface area contributed by atoms with Crippen LogP contribution >= 0.6 is 0 Å². The third-order valence-corrected chi connectivity index (χ3v) is 5.36. The highest BCUT2D eigenvalue weighted by atomic mass is 16.7. The normalized spacial score (nSPS) is 27.7. The quantitative estimate of drug-likeness (QED) is 0.802. The molecule has 136 valence electrons. The number of carbonyl (C=O) groups excluding carboxylic acids is 1. The second-order valence-electron chi connectivity index (χ2n) is 7.55. The first kappa shape index (κ1) is 18.0. The van der Waals surface area contributed by atoms with Crippen molar-refractivity contribution in [2.75, 3.05) is 11.5 Å². The number of aromatic hydroxyl groups is 1. The topological polar surface area (TPSA) is 88.5 Å². The SMILES string of the molecule is C[C@H]1[C@H](CO)OC(=O)N1c1ccc(B2OC(C)(C)C(C)(C)O2)cc1O. The summed E-state index contributed by atoms with van der Waals surface area (Å²) in [6.45, 7) is 9.32. The molecule has 2 atom stereocenters. The maximum absolute atomic E-state index is 12.1. The summed E-state index contributed by atoms with van der Waals surface area (Å²) >= 11 is 0. The first-order valence-corrected chi connectivity index (χ1v) is 8.36. The van der Waals surface area contributed by atoms with E-state index in [2.05, 4.69) is 0 Å². The highest BCUT2D eigenvalue weighted by Gasteiger charge is 2.52. The molecule has 2 N–H and O–H groups in total. The van der Waals surface area contributed by atoms with Crippen molar-refractivity contribution in [3.63, 3.8) is 0 Å². The monoisotopic (exact) mass is 349 g/mol. The van der Waals surface area contributed by atoms with Gasteiger partial charge in [-0.2, -0.15) is 0 Å². The van der Waals surface area contributed by atoms with Gasteiger partial charge < -0.3 is 24.3 Å². The molecular weight excluding hydrogens is 325 g/mol. The number of aliphatic hydroxyl groups excluding tert-OH is 1. The number of aliphatic hydroxyl groups is 1. The second kappa shape index (κ2) is 5.90. The van der Waals surface area contributed by atoms with Gasteiger partial charge in [0.25, 0.3) is 0 Å². The number of carbonyl (C=O) groups is 1. The lowest BCUT2D eigenvalue weighted by atomic mass is 9.79. The van der Waals surface area contributed by atoms with Crippen LogP contribution in [0.15, 0.2) is 18.2 Å². The molecule has 25 heavy (non-hydrogen) atoms. The second-order valence-corrected chi connectivity index (χ2v) is 7.55. The number of benzene rings is 1. The molecule has 0 bridgehead atoms. The Balaban J connectivity index is 1.87. The summed E-state index contributed by atoms with van der Waals surface area (Å²) in [5.74, 6) is -0.0744. The lowest BCUT2D eigenvalue weighted by Gasteiger charge is -2.32. The van der Waals surface area contributed by atoms with Crippen LogP contribution in [0, 0.1) is 0 Å². The molecule has 2 aliphatic rings. The van der Waals surface area contributed by atoms with Gasteiger partial charge >= 0.3 is 13.2 Å². The molecule has 2 fully saturated rings. The minimum Gasteiger partial charge on any atom is -0.506 e. The predicted molar refractivity (Wildman–Crippen MR) is 93.1 cm³/mol. The summed E-state index contributed by atoms with van der Waals surface area (Å²) in [5.41, 5.74) is 0.0359. The van der Waals surface area contributed by atoms with Gasteiger partial charge in [0.2, 0.25) is 0 Å². The molecule has 1 amide bonds. The number of amides is 1. The van der Waals surface area contributed by atoms with E-state index in [4.69, 9.17) is 14.0 Å². The van der Waals surface area contributed by atoms with E-state index >= 15 is 0 Å². The van der Waals surface area contributed by atoms with Crippen molar-refractivity contribution < 1.29 is 29.1 Å². The molecule has 0 aliphatic carbocycles. The van der Waals surface area contributed by atoms with Crippen LogP contribution in [0.25, 0.3) is 0 Å². The Kier molecular flexibility index (Phi) is 4.25. The average Bonchev–Trinajstić information content (AvgIpc) is 2.92. The molecule has 2 aliphatic heterocycles. The van der Waals surface area contributed by atoms with Gasteiger partial charge in [-0.3, -0.25) is 4.90 Å². The summed E-state index contributed by atoms with van der Waals surface area (Å²) in [5, 5.41) is 19.7. The van der Waals surface area contributed by atoms with Gasteiger partial charge in [-0.25, -0.2) is 4.79 Å². The Hall–Kier alpha value is -1.77. The van der Waals surface area contributed by atoms with E-state index in [1.165, 1.54) is 11.0 Å². The minimum absolute atomic E-state index is 0.0744. The zero-order chi connectivity index (χ0) is 18.6. The van der Waals surface area contributed by atoms with Crippen LogP contribution in [-0.4, -0.2) is 53.4 Å². The molecule has 0 aromatic heterocycles. The maximum Gasteiger partial charge on any atom is 0.494 e. The van der Waals surface area contributed by atoms with E-state index in [1.807, 2.05) is 27.7 Å². The minimum atomic E-state index is -0.616. The smallest absolute Gasteiger partial charge is 0.494 e. The largest absolute Gasteiger partial charge is 0.506 e. The lowest BCUT2D eigenvalue weighted by Crippen LogP contribution is -2.41. The van der Waals surface area contributed by atoms with E-state index in [-0.39, 0.29) is 18.4 Å². The van der Waals surface area contributed by atoms with Crippen LogP contribution < -0.4 is 10.4 Å². The summed E-state index contributed by atoms with van der Waals surface area (Å²) < 4.78 is 17.1. The Morgan fingerprint density at radius 3 is 2.28 bits per heavy atom. The highest BCUT2D eigenvalue weighted by molar-refractivity contribution is 6.62. The van der Waals surface area contributed by atoms with Crippen molar-refractivity contribution in [3.8, 4) is 5.75 Å². The molecule has 0 radical (unpaired) electrons. The number of anilines is 1. The van der Waals surface area contributed by atoms with Gasteiger partial charge in [-0.15, -0.1) is 0 Å². The molecule has 8 heteroatoms. The number of cyclic esters (lactones) is 1. The molecule has 2 saturated heterocycles. The van der Waals surface area contributed by atoms with Crippen molar-refractivity contribution >= 4 is 24.4 Å². The third kappa shape index (κ3) is 2.88. The fourth-order valence-corrected chi connectivity index (χ4v) is 2.99. The molecule has 1 aromatic carbocycles. The number of rotatable bonds is 3. The lowest BCUT2D eigenvalue weighted by molar-refractivity contribution is 0.00578. The number of phenolic OH excluding ortho intramolecular Hbond substituents is 1. The Labute approximate surface area is 147 Å². The van der Waals surface area contributed by atoms with Crippen molar-refractivity contribution in [2.45, 2.75) is 58.0 Å². The Morgan fingerprint density at radius 1 is 1.20 bits per heavy atom. The van der Waals surface area contributed by atoms with E-state index in [1.54, 1.807) is 19.1 Å². The van der Waals surface area contributed by atoms with E-state index in [9.17, 15) is 15.0 Å². The average molecular weight is 349 g/mol. The van der Waals surface area contributed by atoms with Crippen LogP contribution in [0.1, 0.15) is 34.6 Å². The van der Waals surface area contributed by atoms with E-state index in [0.29, 0.717) is 11.2 Å². The van der Waals surface area contributed by atoms with E-state index < -0.39 is 30.5 Å². The van der Waals surface area contributed by atoms with Gasteiger partial charge in [0.15, 0.2) is 0 Å². The van der Waals surface area contributed by atoms with Gasteiger partial charge in [-0.1, -0.05) is 6.07 Å². The number of nitrogens with zero attached hydrogens (tertiary/aromatic N) is 1. The molecule has 0 unspecified atom stereocenters. The van der Waals surface area contributed by atoms with Crippen LogP contribution in [0.3, 0.4) is 0 Å². The summed E-state index contributed by atoms with van der Waals surface area (Å²) in [6.07, 6.45) is -1.21. The van der Waals surface area contributed by atoms with Crippen LogP contribution in [0.5, 0.6) is 5.75 Å². The predicted octanol–water partition coefficient (Wildman–Crippen LogP) is 1.40. The molecule has 3 rings (SSSR count). The van der Waals surface area contributed by atoms with Crippen molar-refractivity contribution in [1.29, 1.82) is 0 Å². The standard InChI is InChI=1S/C17H24BNO6/c1-10-14(9-20)23-15(22)19(10)12-7-6-11(8-13(12)21)18-24-16(2,3)17(4,5)25-18/h6-8,10,14,20-21H,9H2,1-5H3/t10-,14-/m0/s1. The molecule has 0 spiro atoms. The van der Waals surface area contributed by atoms with E-state index in [0.717, 1.165) is 0 Å². The van der Waals surface area contributed by atoms with Gasteiger partial charge in [0, 0.05) is 0 Å². The zero-order valence-electron chi connectivity index (χ0n) is 15.1. The van der Waals surface area contributed by atoms with Crippen LogP contribution in [0.2, 0.25) is 0 Å². The molecular formula is C17H24BNO6. The summed E-state index contributed by atoms with van der Waals surface area (Å²) in [4.78, 5) is 13.4. The van der Waals surface area contributed by atoms with Gasteiger partial charge in [-0.05, 0) is 52.2 Å². The highest BCUT2D eigenvalue weighted by Crippen LogP contribution is 2.38. The van der Waals surface area contributed by atoms with Gasteiger partial charge in [0.05, 0.1) is 29.5 Å². The Bertz CT molecular complexity index is 676. The van der Waals surface area contributed by atoms with Crippen LogP contribution in [0.4, 0.5) is 10.5 Å². The maximum atomic E-state index is 12.1. The molecule has 2 heterocycles. The summed E-state index contributed by atoms with van der Waals surface area (Å²) in [6, 6.07) is 4.53. The third-order valence-electron chi connectivity index (χ3n) is 5.36. The fourth-order valence-electron chi connectivity index (χ4n) is 2.99. The Morgan fingerprint density at radius 2 is 1.80 bits per heavy atom. The molecule has 1 aromatic rings. The first-order chi connectivity index (χ1) is 11.6. The van der Waals surface area contributed by atoms with Crippen molar-refractivity contribution in [1.82, 2.24) is 0 Å². The number of ether oxygens (including phenoxy) is 1. The molecule has 7 nitrogen and oxygen atoms in total. The zero-order valence-corrected chi connectivity index (χ0v) is 15.1. The fraction of sp³-hybridized carbons (Fsp3) is 0.588. The number of hydrogen-bond acceptors (Lipinski definition) is 6. The summed E-state index contributed by atoms with van der Waals surface area (Å²) in [7, 11) is -0.599. The van der Waals surface area contributed by atoms with Crippen molar-refractivity contribution in [3.05, 3.63) is 18.2 Å². The van der Waals surface area contributed by atoms with Crippen LogP contribution in [-0.2, 0) is 14.0 Å². The first-order valence-electron chi connectivity index (χ1n) is 8.36. The number of phenols is 1. The molecule has 0 saturated carbocycles. The van der Waals surface area contributed by atoms with Crippen molar-refractivity contribution in [2.24, 2.45) is 0 Å². The van der Waals surface area contributed by atoms with Gasteiger partial charge in [0.1, 0.15) is 11.9 Å².